The summed E-state index contributed by atoms with van der Waals surface area (Å²) in [4.78, 5) is 2.17. The van der Waals surface area contributed by atoms with Crippen LogP contribution in [0.3, 0.4) is 0 Å². The number of nitrogens with one attached hydrogen (secondary N) is 1. The summed E-state index contributed by atoms with van der Waals surface area (Å²) in [5.41, 5.74) is 2.58. The number of hydrogen-bond donors (Lipinski definition) is 3. The van der Waals surface area contributed by atoms with E-state index < -0.39 is 6.10 Å². The Labute approximate surface area is 184 Å². The topological polar surface area (TPSA) is 74.2 Å². The number of aliphatic hydroxyl groups excluding tert-OH is 2. The van der Waals surface area contributed by atoms with Gasteiger partial charge >= 0.3 is 0 Å². The fourth-order valence-corrected chi connectivity index (χ4v) is 4.30. The highest BCUT2D eigenvalue weighted by molar-refractivity contribution is 5.43. The van der Waals surface area contributed by atoms with Crippen LogP contribution in [0.25, 0.3) is 0 Å². The Kier molecular flexibility index (Phi) is 7.13. The minimum Gasteiger partial charge on any atom is -0.493 e. The standard InChI is InChI=1S/C25H34N2O4/c1-30-24-15-19(16-26-25(11-12-25)20-5-3-2-4-6-20)7-8-23(24)31-18-22(29)17-27-13-9-21(28)10-14-27/h2-8,15,21-22,26,28-29H,9-14,16-18H2,1H3. The van der Waals surface area contributed by atoms with E-state index in [4.69, 9.17) is 9.47 Å². The molecular weight excluding hydrogens is 392 g/mol. The Hall–Kier alpha value is -2.12. The summed E-state index contributed by atoms with van der Waals surface area (Å²) in [5.74, 6) is 1.32. The molecule has 1 unspecified atom stereocenters. The van der Waals surface area contributed by atoms with Crippen LogP contribution in [0.2, 0.25) is 0 Å². The Morgan fingerprint density at radius 1 is 1.10 bits per heavy atom. The predicted octanol–water partition coefficient (Wildman–Crippen LogP) is 2.67. The van der Waals surface area contributed by atoms with Crippen LogP contribution in [0.1, 0.15) is 36.8 Å². The molecule has 2 aliphatic rings. The summed E-state index contributed by atoms with van der Waals surface area (Å²) < 4.78 is 11.4. The Balaban J connectivity index is 1.29. The maximum atomic E-state index is 10.4. The minimum absolute atomic E-state index is 0.0955. The molecule has 168 valence electrons. The SMILES string of the molecule is COc1cc(CNC2(c3ccccc3)CC2)ccc1OCC(O)CN1CCC(O)CC1. The highest BCUT2D eigenvalue weighted by Gasteiger charge is 2.43. The molecule has 1 aliphatic heterocycles. The largest absolute Gasteiger partial charge is 0.493 e. The number of ether oxygens (including phenoxy) is 2. The molecule has 4 rings (SSSR count). The lowest BCUT2D eigenvalue weighted by atomic mass is 10.0. The van der Waals surface area contributed by atoms with Crippen molar-refractivity contribution in [1.82, 2.24) is 10.2 Å². The van der Waals surface area contributed by atoms with Gasteiger partial charge in [-0.25, -0.2) is 0 Å². The summed E-state index contributed by atoms with van der Waals surface area (Å²) in [5, 5.41) is 23.7. The molecule has 1 saturated carbocycles. The number of piperidine rings is 1. The number of hydrogen-bond acceptors (Lipinski definition) is 6. The lowest BCUT2D eigenvalue weighted by Gasteiger charge is -2.30. The van der Waals surface area contributed by atoms with Gasteiger partial charge in [0, 0.05) is 31.7 Å². The first-order valence-corrected chi connectivity index (χ1v) is 11.3. The zero-order valence-corrected chi connectivity index (χ0v) is 18.3. The van der Waals surface area contributed by atoms with Gasteiger partial charge in [0.1, 0.15) is 12.7 Å². The molecule has 2 aromatic carbocycles. The molecule has 3 N–H and O–H groups in total. The highest BCUT2D eigenvalue weighted by atomic mass is 16.5. The lowest BCUT2D eigenvalue weighted by molar-refractivity contribution is 0.0333. The van der Waals surface area contributed by atoms with Gasteiger partial charge in [-0.2, -0.15) is 0 Å². The maximum Gasteiger partial charge on any atom is 0.161 e. The number of methoxy groups -OCH3 is 1. The predicted molar refractivity (Wildman–Crippen MR) is 120 cm³/mol. The minimum atomic E-state index is -0.582. The van der Waals surface area contributed by atoms with Gasteiger partial charge in [0.05, 0.1) is 13.2 Å². The van der Waals surface area contributed by atoms with Crippen molar-refractivity contribution in [2.45, 2.75) is 50.0 Å². The molecule has 6 heteroatoms. The number of benzene rings is 2. The van der Waals surface area contributed by atoms with Crippen molar-refractivity contribution in [3.8, 4) is 11.5 Å². The molecule has 1 atom stereocenters. The van der Waals surface area contributed by atoms with Crippen LogP contribution in [0, 0.1) is 0 Å². The van der Waals surface area contributed by atoms with E-state index in [2.05, 4.69) is 40.5 Å². The first-order chi connectivity index (χ1) is 15.1. The molecule has 1 heterocycles. The molecule has 1 aliphatic carbocycles. The third-order valence-corrected chi connectivity index (χ3v) is 6.39. The Morgan fingerprint density at radius 3 is 2.52 bits per heavy atom. The fourth-order valence-electron chi connectivity index (χ4n) is 4.30. The normalized spacial score (nSPS) is 19.7. The number of nitrogens with zero attached hydrogens (tertiary/aromatic N) is 1. The monoisotopic (exact) mass is 426 g/mol. The van der Waals surface area contributed by atoms with Gasteiger partial charge in [0.2, 0.25) is 0 Å². The van der Waals surface area contributed by atoms with Crippen LogP contribution in [0.5, 0.6) is 11.5 Å². The average molecular weight is 427 g/mol. The molecule has 6 nitrogen and oxygen atoms in total. The van der Waals surface area contributed by atoms with Crippen molar-refractivity contribution >= 4 is 0 Å². The van der Waals surface area contributed by atoms with Crippen LogP contribution in [0.4, 0.5) is 0 Å². The molecule has 1 saturated heterocycles. The molecule has 0 bridgehead atoms. The first kappa shape index (κ1) is 22.1. The fraction of sp³-hybridized carbons (Fsp3) is 0.520. The molecule has 0 spiro atoms. The van der Waals surface area contributed by atoms with Gasteiger partial charge in [-0.1, -0.05) is 36.4 Å². The second-order valence-corrected chi connectivity index (χ2v) is 8.78. The van der Waals surface area contributed by atoms with Gasteiger partial charge in [0.25, 0.3) is 0 Å². The zero-order valence-electron chi connectivity index (χ0n) is 18.3. The smallest absolute Gasteiger partial charge is 0.161 e. The van der Waals surface area contributed by atoms with Crippen LogP contribution >= 0.6 is 0 Å². The summed E-state index contributed by atoms with van der Waals surface area (Å²) in [6, 6.07) is 16.6. The summed E-state index contributed by atoms with van der Waals surface area (Å²) in [6.07, 6.45) is 3.06. The van der Waals surface area contributed by atoms with E-state index in [1.54, 1.807) is 7.11 Å². The number of aliphatic hydroxyl groups is 2. The Bertz CT molecular complexity index is 833. The molecule has 0 aromatic heterocycles. The second-order valence-electron chi connectivity index (χ2n) is 8.78. The number of likely N-dealkylation sites (tertiary alicyclic amines) is 1. The van der Waals surface area contributed by atoms with Gasteiger partial charge in [-0.15, -0.1) is 0 Å². The van der Waals surface area contributed by atoms with Gasteiger partial charge < -0.3 is 29.9 Å². The van der Waals surface area contributed by atoms with Gasteiger partial charge in [0.15, 0.2) is 11.5 Å². The zero-order chi connectivity index (χ0) is 21.7. The van der Waals surface area contributed by atoms with Crippen molar-refractivity contribution in [2.24, 2.45) is 0 Å². The quantitative estimate of drug-likeness (QED) is 0.543. The van der Waals surface area contributed by atoms with Crippen LogP contribution in [-0.2, 0) is 12.1 Å². The van der Waals surface area contributed by atoms with Crippen LogP contribution in [0.15, 0.2) is 48.5 Å². The number of rotatable bonds is 10. The van der Waals surface area contributed by atoms with Crippen molar-refractivity contribution in [2.75, 3.05) is 33.4 Å². The summed E-state index contributed by atoms with van der Waals surface area (Å²) in [6.45, 7) is 3.15. The molecule has 0 amide bonds. The third kappa shape index (κ3) is 5.77. The molecule has 2 aromatic rings. The molecule has 2 fully saturated rings. The number of β-amino-alcohol motifs (C(OH)–C–C–N with tert-alkyl or cyclic N) is 1. The third-order valence-electron chi connectivity index (χ3n) is 6.39. The summed E-state index contributed by atoms with van der Waals surface area (Å²) in [7, 11) is 1.64. The average Bonchev–Trinajstić information content (AvgIpc) is 3.60. The maximum absolute atomic E-state index is 10.4. The van der Waals surface area contributed by atoms with Gasteiger partial charge in [-0.3, -0.25) is 0 Å². The highest BCUT2D eigenvalue weighted by Crippen LogP contribution is 2.45. The van der Waals surface area contributed by atoms with Crippen molar-refractivity contribution in [1.29, 1.82) is 0 Å². The second kappa shape index (κ2) is 10.0. The summed E-state index contributed by atoms with van der Waals surface area (Å²) >= 11 is 0. The van der Waals surface area contributed by atoms with E-state index in [1.807, 2.05) is 18.2 Å². The van der Waals surface area contributed by atoms with E-state index in [0.29, 0.717) is 18.0 Å². The van der Waals surface area contributed by atoms with E-state index in [-0.39, 0.29) is 18.2 Å². The molecule has 0 radical (unpaired) electrons. The van der Waals surface area contributed by atoms with Gasteiger partial charge in [-0.05, 0) is 48.9 Å². The van der Waals surface area contributed by atoms with Crippen molar-refractivity contribution in [3.05, 3.63) is 59.7 Å². The molecule has 31 heavy (non-hydrogen) atoms. The Morgan fingerprint density at radius 2 is 1.84 bits per heavy atom. The first-order valence-electron chi connectivity index (χ1n) is 11.3. The van der Waals surface area contributed by atoms with E-state index >= 15 is 0 Å². The van der Waals surface area contributed by atoms with E-state index in [0.717, 1.165) is 50.9 Å². The lowest BCUT2D eigenvalue weighted by Crippen LogP contribution is -2.41. The van der Waals surface area contributed by atoms with E-state index in [9.17, 15) is 10.2 Å². The van der Waals surface area contributed by atoms with Crippen molar-refractivity contribution in [3.63, 3.8) is 0 Å². The van der Waals surface area contributed by atoms with E-state index in [1.165, 1.54) is 5.56 Å². The van der Waals surface area contributed by atoms with Crippen molar-refractivity contribution < 1.29 is 19.7 Å². The van der Waals surface area contributed by atoms with Crippen LogP contribution < -0.4 is 14.8 Å². The molecular formula is C25H34N2O4. The van der Waals surface area contributed by atoms with Crippen LogP contribution in [-0.4, -0.2) is 60.7 Å².